The van der Waals surface area contributed by atoms with Crippen LogP contribution in [0.1, 0.15) is 39.0 Å². The van der Waals surface area contributed by atoms with Gasteiger partial charge in [-0.05, 0) is 49.9 Å². The molecule has 1 atom stereocenters. The van der Waals surface area contributed by atoms with Crippen molar-refractivity contribution in [2.45, 2.75) is 44.3 Å². The van der Waals surface area contributed by atoms with Gasteiger partial charge in [-0.1, -0.05) is 18.7 Å². The van der Waals surface area contributed by atoms with E-state index in [9.17, 15) is 9.59 Å². The number of carbonyl (C=O) groups is 2. The Morgan fingerprint density at radius 1 is 1.27 bits per heavy atom. The van der Waals surface area contributed by atoms with Crippen molar-refractivity contribution in [3.8, 4) is 5.75 Å². The Hall–Kier alpha value is -2.02. The van der Waals surface area contributed by atoms with Crippen molar-refractivity contribution in [2.24, 2.45) is 4.99 Å². The second-order valence-corrected chi connectivity index (χ2v) is 7.68. The van der Waals surface area contributed by atoms with Crippen molar-refractivity contribution in [2.75, 3.05) is 25.0 Å². The maximum absolute atomic E-state index is 12.3. The summed E-state index contributed by atoms with van der Waals surface area (Å²) in [6.45, 7) is 4.62. The predicted octanol–water partition coefficient (Wildman–Crippen LogP) is 3.29. The van der Waals surface area contributed by atoms with Gasteiger partial charge in [-0.2, -0.15) is 4.99 Å². The zero-order valence-corrected chi connectivity index (χ0v) is 15.9. The molecule has 0 saturated carbocycles. The van der Waals surface area contributed by atoms with Gasteiger partial charge in [0, 0.05) is 25.2 Å². The van der Waals surface area contributed by atoms with E-state index in [-0.39, 0.29) is 18.2 Å². The zero-order chi connectivity index (χ0) is 18.4. The first-order valence-electron chi connectivity index (χ1n) is 9.22. The number of aliphatic imine (C=N–C) groups is 1. The minimum atomic E-state index is -0.418. The number of likely N-dealkylation sites (tertiary alicyclic amines) is 1. The van der Waals surface area contributed by atoms with E-state index < -0.39 is 5.25 Å². The van der Waals surface area contributed by atoms with Gasteiger partial charge in [-0.15, -0.1) is 0 Å². The number of piperidine rings is 1. The van der Waals surface area contributed by atoms with Crippen LogP contribution in [0, 0.1) is 0 Å². The van der Waals surface area contributed by atoms with Crippen LogP contribution in [0.3, 0.4) is 0 Å². The highest BCUT2D eigenvalue weighted by atomic mass is 32.2. The number of thioether (sulfide) groups is 1. The average molecular weight is 375 g/mol. The van der Waals surface area contributed by atoms with Gasteiger partial charge < -0.3 is 15.0 Å². The molecule has 6 nitrogen and oxygen atoms in total. The molecule has 1 N–H and O–H groups in total. The van der Waals surface area contributed by atoms with E-state index in [0.717, 1.165) is 43.3 Å². The van der Waals surface area contributed by atoms with Crippen molar-refractivity contribution in [1.29, 1.82) is 0 Å². The standard InChI is InChI=1S/C19H25N3O3S/c1-2-12-25-15-8-6-14(7-9-15)20-17(23)13-16-18(24)21-19(26-16)22-10-4-3-5-11-22/h6-9,16H,2-5,10-13H2,1H3,(H,20,23). The normalized spacial score (nSPS) is 20.0. The third kappa shape index (κ3) is 5.00. The minimum absolute atomic E-state index is 0.137. The molecule has 140 valence electrons. The molecule has 2 aliphatic heterocycles. The fourth-order valence-corrected chi connectivity index (χ4v) is 4.08. The van der Waals surface area contributed by atoms with E-state index >= 15 is 0 Å². The number of carbonyl (C=O) groups excluding carboxylic acids is 2. The topological polar surface area (TPSA) is 71.0 Å². The Balaban J connectivity index is 1.48. The molecule has 7 heteroatoms. The summed E-state index contributed by atoms with van der Waals surface area (Å²) >= 11 is 1.42. The molecule has 1 unspecified atom stereocenters. The van der Waals surface area contributed by atoms with E-state index in [1.54, 1.807) is 0 Å². The van der Waals surface area contributed by atoms with Gasteiger partial charge in [0.2, 0.25) is 5.91 Å². The molecule has 0 radical (unpaired) electrons. The number of amidine groups is 1. The molecule has 26 heavy (non-hydrogen) atoms. The molecule has 1 aromatic rings. The Bertz CT molecular complexity index is 669. The van der Waals surface area contributed by atoms with Gasteiger partial charge in [0.1, 0.15) is 11.0 Å². The molecule has 0 aliphatic carbocycles. The molecular formula is C19H25N3O3S. The van der Waals surface area contributed by atoms with Crippen LogP contribution in [0.2, 0.25) is 0 Å². The van der Waals surface area contributed by atoms with E-state index in [4.69, 9.17) is 4.74 Å². The first kappa shape index (κ1) is 18.8. The Morgan fingerprint density at radius 2 is 2.00 bits per heavy atom. The Morgan fingerprint density at radius 3 is 2.69 bits per heavy atom. The van der Waals surface area contributed by atoms with E-state index in [1.807, 2.05) is 24.3 Å². The van der Waals surface area contributed by atoms with Gasteiger partial charge >= 0.3 is 0 Å². The van der Waals surface area contributed by atoms with Crippen LogP contribution in [0.5, 0.6) is 5.75 Å². The summed E-state index contributed by atoms with van der Waals surface area (Å²) in [5, 5.41) is 3.21. The summed E-state index contributed by atoms with van der Waals surface area (Å²) in [6, 6.07) is 7.28. The number of hydrogen-bond donors (Lipinski definition) is 1. The monoisotopic (exact) mass is 375 g/mol. The van der Waals surface area contributed by atoms with Crippen molar-refractivity contribution in [3.05, 3.63) is 24.3 Å². The quantitative estimate of drug-likeness (QED) is 0.826. The van der Waals surface area contributed by atoms with Crippen LogP contribution in [0.4, 0.5) is 5.69 Å². The maximum atomic E-state index is 12.3. The molecule has 2 aliphatic rings. The Labute approximate surface area is 158 Å². The highest BCUT2D eigenvalue weighted by molar-refractivity contribution is 8.15. The first-order chi connectivity index (χ1) is 12.7. The van der Waals surface area contributed by atoms with Gasteiger partial charge in [0.15, 0.2) is 5.17 Å². The molecule has 2 heterocycles. The van der Waals surface area contributed by atoms with E-state index in [2.05, 4.69) is 22.1 Å². The molecule has 0 aromatic heterocycles. The lowest BCUT2D eigenvalue weighted by Crippen LogP contribution is -2.33. The van der Waals surface area contributed by atoms with Crippen LogP contribution in [-0.4, -0.2) is 46.8 Å². The molecule has 0 spiro atoms. The highest BCUT2D eigenvalue weighted by Crippen LogP contribution is 2.29. The van der Waals surface area contributed by atoms with Gasteiger partial charge in [0.05, 0.1) is 6.61 Å². The first-order valence-corrected chi connectivity index (χ1v) is 10.1. The summed E-state index contributed by atoms with van der Waals surface area (Å²) in [6.07, 6.45) is 4.59. The van der Waals surface area contributed by atoms with Crippen LogP contribution < -0.4 is 10.1 Å². The molecule has 1 fully saturated rings. The van der Waals surface area contributed by atoms with Gasteiger partial charge in [-0.25, -0.2) is 0 Å². The smallest absolute Gasteiger partial charge is 0.262 e. The SMILES string of the molecule is CCCOc1ccc(NC(=O)CC2SC(N3CCCCC3)=NC2=O)cc1. The number of benzene rings is 1. The predicted molar refractivity (Wildman–Crippen MR) is 105 cm³/mol. The van der Waals surface area contributed by atoms with E-state index in [0.29, 0.717) is 12.3 Å². The zero-order valence-electron chi connectivity index (χ0n) is 15.1. The number of hydrogen-bond acceptors (Lipinski definition) is 5. The van der Waals surface area contributed by atoms with Gasteiger partial charge in [-0.3, -0.25) is 9.59 Å². The van der Waals surface area contributed by atoms with Crippen molar-refractivity contribution >= 4 is 34.4 Å². The second-order valence-electron chi connectivity index (χ2n) is 6.51. The number of nitrogens with one attached hydrogen (secondary N) is 1. The third-order valence-corrected chi connectivity index (χ3v) is 5.55. The van der Waals surface area contributed by atoms with Crippen LogP contribution >= 0.6 is 11.8 Å². The van der Waals surface area contributed by atoms with E-state index in [1.165, 1.54) is 18.2 Å². The summed E-state index contributed by atoms with van der Waals surface area (Å²) < 4.78 is 5.53. The molecule has 1 saturated heterocycles. The van der Waals surface area contributed by atoms with Crippen molar-refractivity contribution in [1.82, 2.24) is 4.90 Å². The number of amides is 2. The number of ether oxygens (including phenoxy) is 1. The lowest BCUT2D eigenvalue weighted by Gasteiger charge is -2.27. The fraction of sp³-hybridized carbons (Fsp3) is 0.526. The van der Waals surface area contributed by atoms with Crippen molar-refractivity contribution < 1.29 is 14.3 Å². The second kappa shape index (κ2) is 9.07. The Kier molecular flexibility index (Phi) is 6.55. The summed E-state index contributed by atoms with van der Waals surface area (Å²) in [5.41, 5.74) is 0.700. The maximum Gasteiger partial charge on any atom is 0.262 e. The average Bonchev–Trinajstić information content (AvgIpc) is 3.02. The molecule has 1 aromatic carbocycles. The minimum Gasteiger partial charge on any atom is -0.494 e. The van der Waals surface area contributed by atoms with Crippen LogP contribution in [0.15, 0.2) is 29.3 Å². The van der Waals surface area contributed by atoms with Crippen molar-refractivity contribution in [3.63, 3.8) is 0 Å². The highest BCUT2D eigenvalue weighted by Gasteiger charge is 2.33. The summed E-state index contributed by atoms with van der Waals surface area (Å²) in [7, 11) is 0. The number of nitrogens with zero attached hydrogens (tertiary/aromatic N) is 2. The van der Waals surface area contributed by atoms with Gasteiger partial charge in [0.25, 0.3) is 5.91 Å². The largest absolute Gasteiger partial charge is 0.494 e. The van der Waals surface area contributed by atoms with Crippen LogP contribution in [0.25, 0.3) is 0 Å². The molecular weight excluding hydrogens is 350 g/mol. The number of rotatable bonds is 6. The third-order valence-electron chi connectivity index (χ3n) is 4.34. The summed E-state index contributed by atoms with van der Waals surface area (Å²) in [5.74, 6) is 0.410. The molecule has 3 rings (SSSR count). The number of anilines is 1. The molecule has 2 amide bonds. The fourth-order valence-electron chi connectivity index (χ4n) is 2.96. The molecule has 0 bridgehead atoms. The lowest BCUT2D eigenvalue weighted by atomic mass is 10.1. The summed E-state index contributed by atoms with van der Waals surface area (Å²) in [4.78, 5) is 30.7. The van der Waals surface area contributed by atoms with Crippen LogP contribution in [-0.2, 0) is 9.59 Å². The lowest BCUT2D eigenvalue weighted by molar-refractivity contribution is -0.121.